The van der Waals surface area contributed by atoms with Crippen molar-refractivity contribution < 1.29 is 0 Å². The normalized spacial score (nSPS) is 12.7. The Kier molecular flexibility index (Phi) is 6.02. The molecule has 5 heterocycles. The summed E-state index contributed by atoms with van der Waals surface area (Å²) in [6.45, 7) is 0. The van der Waals surface area contributed by atoms with Crippen LogP contribution in [0.15, 0.2) is 158 Å². The molecule has 6 aromatic carbocycles. The summed E-state index contributed by atoms with van der Waals surface area (Å²) in [5.74, 6) is 0.641. The molecule has 7 heteroatoms. The average Bonchev–Trinajstić information content (AvgIpc) is 3.85. The van der Waals surface area contributed by atoms with Crippen molar-refractivity contribution in [3.8, 4) is 45.3 Å². The zero-order valence-electron chi connectivity index (χ0n) is 27.4. The molecule has 11 rings (SSSR count). The van der Waals surface area contributed by atoms with Crippen LogP contribution in [0.2, 0.25) is 0 Å². The van der Waals surface area contributed by atoms with E-state index in [1.807, 2.05) is 6.20 Å². The van der Waals surface area contributed by atoms with Crippen LogP contribution in [0.4, 0.5) is 0 Å². The number of fused-ring (bicyclic) bond motifs is 9. The van der Waals surface area contributed by atoms with Crippen LogP contribution in [-0.4, -0.2) is 38.8 Å². The van der Waals surface area contributed by atoms with Crippen LogP contribution >= 0.6 is 0 Å². The third-order valence-electron chi connectivity index (χ3n) is 10.3. The van der Waals surface area contributed by atoms with E-state index < -0.39 is 9.52 Å². The maximum atomic E-state index is 5.20. The van der Waals surface area contributed by atoms with Crippen LogP contribution in [0, 0.1) is 0 Å². The minimum Gasteiger partial charge on any atom is -0.309 e. The molecule has 0 spiro atoms. The summed E-state index contributed by atoms with van der Waals surface area (Å²) in [7, 11) is -0.833. The quantitative estimate of drug-likeness (QED) is 0.179. The van der Waals surface area contributed by atoms with Gasteiger partial charge in [-0.3, -0.25) is 4.98 Å². The van der Waals surface area contributed by atoms with Crippen molar-refractivity contribution in [3.05, 3.63) is 158 Å². The summed E-state index contributed by atoms with van der Waals surface area (Å²) >= 11 is 0. The highest BCUT2D eigenvalue weighted by molar-refractivity contribution is 6.72. The molecule has 4 aromatic heterocycles. The lowest BCUT2D eigenvalue weighted by Crippen LogP contribution is -2.25. The monoisotopic (exact) mass is 668 g/mol. The Bertz CT molecular complexity index is 2800. The van der Waals surface area contributed by atoms with Crippen molar-refractivity contribution in [2.24, 2.45) is 0 Å². The van der Waals surface area contributed by atoms with E-state index in [9.17, 15) is 0 Å². The number of nitrogens with zero attached hydrogens (tertiary/aromatic N) is 6. The molecule has 0 fully saturated rings. The van der Waals surface area contributed by atoms with Crippen molar-refractivity contribution in [1.29, 1.82) is 0 Å². The average molecular weight is 669 g/mol. The maximum absolute atomic E-state index is 5.20. The molecule has 0 saturated heterocycles. The molecule has 0 N–H and O–H groups in total. The second-order valence-electron chi connectivity index (χ2n) is 13.2. The second-order valence-corrected chi connectivity index (χ2v) is 15.0. The highest BCUT2D eigenvalue weighted by Gasteiger charge is 2.25. The number of benzene rings is 6. The second kappa shape index (κ2) is 10.9. The topological polar surface area (TPSA) is 61.4 Å². The Hall–Kier alpha value is -6.70. The van der Waals surface area contributed by atoms with Crippen LogP contribution < -0.4 is 10.5 Å². The van der Waals surface area contributed by atoms with Crippen LogP contribution in [0.1, 0.15) is 0 Å². The molecular weight excluding hydrogens is 641 g/mol. The van der Waals surface area contributed by atoms with E-state index in [4.69, 9.17) is 15.1 Å². The molecule has 1 aliphatic rings. The number of rotatable bonds is 4. The molecular formula is C44H28N6Si. The first kappa shape index (κ1) is 28.2. The largest absolute Gasteiger partial charge is 0.309 e. The minimum absolute atomic E-state index is 0.641. The summed E-state index contributed by atoms with van der Waals surface area (Å²) < 4.78 is 4.66. The van der Waals surface area contributed by atoms with E-state index in [-0.39, 0.29) is 0 Å². The lowest BCUT2D eigenvalue weighted by Gasteiger charge is -2.09. The van der Waals surface area contributed by atoms with Gasteiger partial charge in [0.15, 0.2) is 5.82 Å². The van der Waals surface area contributed by atoms with Gasteiger partial charge in [-0.1, -0.05) is 78.9 Å². The van der Waals surface area contributed by atoms with Gasteiger partial charge in [-0.05, 0) is 78.0 Å². The Morgan fingerprint density at radius 2 is 1.02 bits per heavy atom. The number of pyridine rings is 1. The van der Waals surface area contributed by atoms with E-state index in [0.717, 1.165) is 50.3 Å². The molecule has 238 valence electrons. The zero-order valence-corrected chi connectivity index (χ0v) is 28.8. The summed E-state index contributed by atoms with van der Waals surface area (Å²) in [6.07, 6.45) is 2.04. The number of aromatic nitrogens is 6. The van der Waals surface area contributed by atoms with Crippen LogP contribution in [0.5, 0.6) is 0 Å². The fourth-order valence-corrected chi connectivity index (χ4v) is 9.52. The van der Waals surface area contributed by atoms with Crippen molar-refractivity contribution in [1.82, 2.24) is 29.3 Å². The zero-order chi connectivity index (χ0) is 33.5. The van der Waals surface area contributed by atoms with Gasteiger partial charge in [0, 0.05) is 55.8 Å². The van der Waals surface area contributed by atoms with E-state index in [1.165, 1.54) is 43.3 Å². The summed E-state index contributed by atoms with van der Waals surface area (Å²) in [5, 5.41) is 16.5. The van der Waals surface area contributed by atoms with E-state index in [1.54, 1.807) is 0 Å². The van der Waals surface area contributed by atoms with Crippen LogP contribution in [0.3, 0.4) is 0 Å². The molecule has 0 radical (unpaired) electrons. The standard InChI is InChI=1S/C44H28N6Si/c1-3-11-29(12-4-1)49-37-17-9-7-15-31(37)33-23-27(19-21-39(33)49)36-25-35-41(26-45-36)51-44-42(35)46-43(47-48-44)28-20-22-40-34(24-28)32-16-8-10-18-38(32)50(40)30-13-5-2-6-14-30/h1-26H,51H2. The smallest absolute Gasteiger partial charge is 0.182 e. The number of hydrogen-bond acceptors (Lipinski definition) is 4. The highest BCUT2D eigenvalue weighted by Crippen LogP contribution is 2.36. The maximum Gasteiger partial charge on any atom is 0.182 e. The third-order valence-corrected chi connectivity index (χ3v) is 12.0. The van der Waals surface area contributed by atoms with Crippen molar-refractivity contribution in [2.45, 2.75) is 0 Å². The Balaban J connectivity index is 1.01. The van der Waals surface area contributed by atoms with Gasteiger partial charge < -0.3 is 9.13 Å². The number of para-hydroxylation sites is 4. The van der Waals surface area contributed by atoms with Crippen molar-refractivity contribution in [3.63, 3.8) is 0 Å². The van der Waals surface area contributed by atoms with Gasteiger partial charge in [0.25, 0.3) is 0 Å². The van der Waals surface area contributed by atoms with Gasteiger partial charge >= 0.3 is 0 Å². The molecule has 6 nitrogen and oxygen atoms in total. The van der Waals surface area contributed by atoms with Gasteiger partial charge in [-0.25, -0.2) is 4.98 Å². The first-order chi connectivity index (χ1) is 25.3. The van der Waals surface area contributed by atoms with Gasteiger partial charge in [0.05, 0.1) is 38.8 Å². The SMILES string of the molecule is c1ccc(-n2c3ccccc3c3cc(-c4cc5c(cn4)[SiH2]c4nnc(-c6ccc7c(c6)c6ccccc6n7-c6ccccc6)nc4-5)ccc32)cc1. The third kappa shape index (κ3) is 4.28. The first-order valence-corrected chi connectivity index (χ1v) is 18.6. The fraction of sp³-hybridized carbons (Fsp3) is 0. The minimum atomic E-state index is -0.833. The Morgan fingerprint density at radius 1 is 0.471 bits per heavy atom. The van der Waals surface area contributed by atoms with E-state index in [2.05, 4.69) is 166 Å². The molecule has 51 heavy (non-hydrogen) atoms. The lowest BCUT2D eigenvalue weighted by atomic mass is 10.0. The first-order valence-electron chi connectivity index (χ1n) is 17.2. The van der Waals surface area contributed by atoms with Gasteiger partial charge in [-0.2, -0.15) is 5.10 Å². The predicted molar refractivity (Wildman–Crippen MR) is 210 cm³/mol. The molecule has 0 unspecified atom stereocenters. The molecule has 0 saturated carbocycles. The molecule has 0 amide bonds. The van der Waals surface area contributed by atoms with Crippen molar-refractivity contribution >= 4 is 63.6 Å². The molecule has 10 aromatic rings. The summed E-state index contributed by atoms with van der Waals surface area (Å²) in [4.78, 5) is 10.2. The fourth-order valence-electron chi connectivity index (χ4n) is 7.94. The molecule has 0 aliphatic carbocycles. The predicted octanol–water partition coefficient (Wildman–Crippen LogP) is 7.89. The van der Waals surface area contributed by atoms with E-state index >= 15 is 0 Å². The summed E-state index contributed by atoms with van der Waals surface area (Å²) in [5.41, 5.74) is 12.0. The lowest BCUT2D eigenvalue weighted by molar-refractivity contribution is 1.01. The van der Waals surface area contributed by atoms with Gasteiger partial charge in [0.1, 0.15) is 9.52 Å². The Morgan fingerprint density at radius 3 is 1.67 bits per heavy atom. The Labute approximate surface area is 295 Å². The van der Waals surface area contributed by atoms with Crippen LogP contribution in [-0.2, 0) is 0 Å². The molecule has 0 bridgehead atoms. The van der Waals surface area contributed by atoms with Crippen LogP contribution in [0.25, 0.3) is 88.9 Å². The van der Waals surface area contributed by atoms with Gasteiger partial charge in [0.2, 0.25) is 0 Å². The number of hydrogen-bond donors (Lipinski definition) is 0. The molecule has 1 aliphatic heterocycles. The summed E-state index contributed by atoms with van der Waals surface area (Å²) in [6, 6.07) is 53.7. The highest BCUT2D eigenvalue weighted by atomic mass is 28.2. The van der Waals surface area contributed by atoms with E-state index in [0.29, 0.717) is 5.82 Å². The molecule has 0 atom stereocenters. The van der Waals surface area contributed by atoms with Crippen molar-refractivity contribution in [2.75, 3.05) is 0 Å². The van der Waals surface area contributed by atoms with Gasteiger partial charge in [-0.15, -0.1) is 5.10 Å².